The van der Waals surface area contributed by atoms with Gasteiger partial charge in [0.05, 0.1) is 6.10 Å². The molecule has 1 heterocycles. The highest BCUT2D eigenvalue weighted by Crippen LogP contribution is 2.15. The molecule has 0 aromatic heterocycles. The van der Waals surface area contributed by atoms with Crippen molar-refractivity contribution in [3.8, 4) is 0 Å². The van der Waals surface area contributed by atoms with Crippen molar-refractivity contribution in [3.63, 3.8) is 0 Å². The quantitative estimate of drug-likeness (QED) is 0.747. The molecular formula is C8H12F3NO3. The first-order valence-corrected chi connectivity index (χ1v) is 4.49. The molecule has 0 aromatic carbocycles. The molecule has 0 aromatic rings. The van der Waals surface area contributed by atoms with Gasteiger partial charge in [0.2, 0.25) is 5.91 Å². The van der Waals surface area contributed by atoms with Crippen LogP contribution in [-0.4, -0.2) is 54.5 Å². The Morgan fingerprint density at radius 3 is 2.67 bits per heavy atom. The van der Waals surface area contributed by atoms with E-state index >= 15 is 0 Å². The van der Waals surface area contributed by atoms with Crippen LogP contribution < -0.4 is 0 Å². The van der Waals surface area contributed by atoms with Crippen LogP contribution >= 0.6 is 0 Å². The lowest BCUT2D eigenvalue weighted by atomic mass is 10.3. The summed E-state index contributed by atoms with van der Waals surface area (Å²) in [6, 6.07) is 0. The summed E-state index contributed by atoms with van der Waals surface area (Å²) in [6.45, 7) is -1.47. The number of hydrogen-bond acceptors (Lipinski definition) is 3. The molecule has 15 heavy (non-hydrogen) atoms. The highest BCUT2D eigenvalue weighted by Gasteiger charge is 2.29. The van der Waals surface area contributed by atoms with Crippen LogP contribution in [0.15, 0.2) is 0 Å². The van der Waals surface area contributed by atoms with E-state index in [2.05, 4.69) is 4.74 Å². The number of alkyl halides is 3. The molecule has 1 N–H and O–H groups in total. The molecule has 1 aliphatic rings. The van der Waals surface area contributed by atoms with E-state index in [4.69, 9.17) is 5.11 Å². The van der Waals surface area contributed by atoms with Crippen molar-refractivity contribution in [2.45, 2.75) is 18.7 Å². The predicted octanol–water partition coefficient (Wildman–Crippen LogP) is 0.159. The highest BCUT2D eigenvalue weighted by atomic mass is 19.4. The lowest BCUT2D eigenvalue weighted by Crippen LogP contribution is -2.33. The predicted molar refractivity (Wildman–Crippen MR) is 44.1 cm³/mol. The second-order valence-electron chi connectivity index (χ2n) is 3.39. The summed E-state index contributed by atoms with van der Waals surface area (Å²) >= 11 is 0. The third-order valence-electron chi connectivity index (χ3n) is 2.01. The Morgan fingerprint density at radius 2 is 2.20 bits per heavy atom. The average molecular weight is 227 g/mol. The van der Waals surface area contributed by atoms with Crippen LogP contribution in [-0.2, 0) is 9.53 Å². The molecule has 0 saturated carbocycles. The zero-order chi connectivity index (χ0) is 11.5. The Morgan fingerprint density at radius 1 is 1.53 bits per heavy atom. The van der Waals surface area contributed by atoms with Gasteiger partial charge in [0.15, 0.2) is 0 Å². The van der Waals surface area contributed by atoms with Gasteiger partial charge in [-0.05, 0) is 6.42 Å². The first kappa shape index (κ1) is 12.3. The van der Waals surface area contributed by atoms with E-state index in [1.807, 2.05) is 0 Å². The molecule has 0 aliphatic carbocycles. The van der Waals surface area contributed by atoms with Gasteiger partial charge in [-0.25, -0.2) is 0 Å². The van der Waals surface area contributed by atoms with E-state index in [1.165, 1.54) is 4.90 Å². The van der Waals surface area contributed by atoms with Crippen LogP contribution in [0.1, 0.15) is 6.42 Å². The van der Waals surface area contributed by atoms with Gasteiger partial charge in [0.1, 0.15) is 13.2 Å². The van der Waals surface area contributed by atoms with Crippen molar-refractivity contribution < 1.29 is 27.8 Å². The average Bonchev–Trinajstić information content (AvgIpc) is 2.49. The SMILES string of the molecule is O=C(COCC(F)(F)F)N1CC[C@@H](O)C1. The summed E-state index contributed by atoms with van der Waals surface area (Å²) in [7, 11) is 0. The molecule has 1 atom stereocenters. The molecule has 88 valence electrons. The van der Waals surface area contributed by atoms with E-state index < -0.39 is 31.4 Å². The molecule has 7 heteroatoms. The molecule has 1 rings (SSSR count). The summed E-state index contributed by atoms with van der Waals surface area (Å²) < 4.78 is 39.2. The monoisotopic (exact) mass is 227 g/mol. The number of amides is 1. The molecule has 1 aliphatic heterocycles. The fraction of sp³-hybridized carbons (Fsp3) is 0.875. The third kappa shape index (κ3) is 4.48. The highest BCUT2D eigenvalue weighted by molar-refractivity contribution is 5.77. The van der Waals surface area contributed by atoms with Crippen molar-refractivity contribution in [2.24, 2.45) is 0 Å². The van der Waals surface area contributed by atoms with Crippen LogP contribution in [0.4, 0.5) is 13.2 Å². The largest absolute Gasteiger partial charge is 0.411 e. The molecule has 0 unspecified atom stereocenters. The number of rotatable bonds is 3. The topological polar surface area (TPSA) is 49.8 Å². The number of β-amino-alcohol motifs (C(OH)–C–C–N with tert-alkyl or cyclic N) is 1. The van der Waals surface area contributed by atoms with Gasteiger partial charge in [0, 0.05) is 13.1 Å². The van der Waals surface area contributed by atoms with Gasteiger partial charge >= 0.3 is 6.18 Å². The van der Waals surface area contributed by atoms with Crippen molar-refractivity contribution in [2.75, 3.05) is 26.3 Å². The number of likely N-dealkylation sites (tertiary alicyclic amines) is 1. The maximum atomic E-state index is 11.7. The minimum atomic E-state index is -4.41. The van der Waals surface area contributed by atoms with E-state index in [9.17, 15) is 18.0 Å². The van der Waals surface area contributed by atoms with Crippen LogP contribution in [0, 0.1) is 0 Å². The van der Waals surface area contributed by atoms with Gasteiger partial charge in [-0.15, -0.1) is 0 Å². The van der Waals surface area contributed by atoms with Crippen LogP contribution in [0.3, 0.4) is 0 Å². The number of nitrogens with zero attached hydrogens (tertiary/aromatic N) is 1. The van der Waals surface area contributed by atoms with E-state index in [0.29, 0.717) is 13.0 Å². The number of aliphatic hydroxyl groups excluding tert-OH is 1. The maximum absolute atomic E-state index is 11.7. The summed E-state index contributed by atoms with van der Waals surface area (Å²) in [5.74, 6) is -0.518. The standard InChI is InChI=1S/C8H12F3NO3/c9-8(10,11)5-15-4-7(14)12-2-1-6(13)3-12/h6,13H,1-5H2/t6-/m1/s1. The number of ether oxygens (including phenoxy) is 1. The molecule has 0 bridgehead atoms. The number of aliphatic hydroxyl groups is 1. The minimum absolute atomic E-state index is 0.175. The van der Waals surface area contributed by atoms with Gasteiger partial charge < -0.3 is 14.7 Å². The zero-order valence-corrected chi connectivity index (χ0v) is 7.96. The van der Waals surface area contributed by atoms with Crippen LogP contribution in [0.5, 0.6) is 0 Å². The van der Waals surface area contributed by atoms with E-state index in [0.717, 1.165) is 0 Å². The first-order valence-electron chi connectivity index (χ1n) is 4.49. The second-order valence-corrected chi connectivity index (χ2v) is 3.39. The number of carbonyl (C=O) groups excluding carboxylic acids is 1. The Labute approximate surface area is 84.6 Å². The lowest BCUT2D eigenvalue weighted by Gasteiger charge is -2.15. The number of hydrogen-bond donors (Lipinski definition) is 1. The van der Waals surface area contributed by atoms with Gasteiger partial charge in [-0.2, -0.15) is 13.2 Å². The summed E-state index contributed by atoms with van der Waals surface area (Å²) in [5.41, 5.74) is 0. The number of carbonyl (C=O) groups is 1. The Kier molecular flexibility index (Phi) is 3.92. The first-order chi connectivity index (χ1) is 6.88. The lowest BCUT2D eigenvalue weighted by molar-refractivity contribution is -0.177. The molecule has 4 nitrogen and oxygen atoms in total. The Balaban J connectivity index is 2.19. The Bertz CT molecular complexity index is 232. The summed E-state index contributed by atoms with van der Waals surface area (Å²) in [4.78, 5) is 12.5. The summed E-state index contributed by atoms with van der Waals surface area (Å²) in [6.07, 6.45) is -4.52. The number of halogens is 3. The van der Waals surface area contributed by atoms with Gasteiger partial charge in [0.25, 0.3) is 0 Å². The van der Waals surface area contributed by atoms with E-state index in [1.54, 1.807) is 0 Å². The van der Waals surface area contributed by atoms with Crippen LogP contribution in [0.25, 0.3) is 0 Å². The van der Waals surface area contributed by atoms with Crippen molar-refractivity contribution in [1.29, 1.82) is 0 Å². The molecule has 1 amide bonds. The molecule has 1 saturated heterocycles. The third-order valence-corrected chi connectivity index (χ3v) is 2.01. The van der Waals surface area contributed by atoms with Crippen molar-refractivity contribution >= 4 is 5.91 Å². The maximum Gasteiger partial charge on any atom is 0.411 e. The van der Waals surface area contributed by atoms with E-state index in [-0.39, 0.29) is 6.54 Å². The Hall–Kier alpha value is -0.820. The fourth-order valence-corrected chi connectivity index (χ4v) is 1.31. The van der Waals surface area contributed by atoms with Gasteiger partial charge in [-0.3, -0.25) is 4.79 Å². The summed E-state index contributed by atoms with van der Waals surface area (Å²) in [5, 5.41) is 9.09. The fourth-order valence-electron chi connectivity index (χ4n) is 1.31. The normalized spacial score (nSPS) is 22.1. The smallest absolute Gasteiger partial charge is 0.391 e. The minimum Gasteiger partial charge on any atom is -0.391 e. The van der Waals surface area contributed by atoms with Crippen molar-refractivity contribution in [1.82, 2.24) is 4.90 Å². The molecule has 0 radical (unpaired) electrons. The van der Waals surface area contributed by atoms with Gasteiger partial charge in [-0.1, -0.05) is 0 Å². The molecular weight excluding hydrogens is 215 g/mol. The second kappa shape index (κ2) is 4.80. The van der Waals surface area contributed by atoms with Crippen LogP contribution in [0.2, 0.25) is 0 Å². The zero-order valence-electron chi connectivity index (χ0n) is 7.96. The molecule has 0 spiro atoms. The molecule has 1 fully saturated rings. The van der Waals surface area contributed by atoms with Crippen molar-refractivity contribution in [3.05, 3.63) is 0 Å².